The quantitative estimate of drug-likeness (QED) is 0.391. The Morgan fingerprint density at radius 1 is 1.75 bits per heavy atom. The van der Waals surface area contributed by atoms with Crippen molar-refractivity contribution in [3.63, 3.8) is 0 Å². The molecule has 0 aliphatic carbocycles. The van der Waals surface area contributed by atoms with Crippen LogP contribution in [0.1, 0.15) is 19.8 Å². The number of ether oxygens (including phenoxy) is 1. The molecule has 0 aromatic carbocycles. The van der Waals surface area contributed by atoms with E-state index in [0.717, 1.165) is 6.42 Å². The van der Waals surface area contributed by atoms with Crippen molar-refractivity contribution in [2.45, 2.75) is 25.8 Å². The standard InChI is InChI=1S/C10H18N4O2/c1-3-9(7-16-2)14-6-8(4-10(14)15)5-12-13-11/h8-9H,3-7H2,1-2H3. The molecule has 1 fully saturated rings. The number of amides is 1. The topological polar surface area (TPSA) is 78.3 Å². The number of azide groups is 1. The molecule has 2 unspecified atom stereocenters. The van der Waals surface area contributed by atoms with Gasteiger partial charge in [0.05, 0.1) is 12.6 Å². The van der Waals surface area contributed by atoms with Crippen molar-refractivity contribution in [2.24, 2.45) is 11.0 Å². The van der Waals surface area contributed by atoms with Gasteiger partial charge in [0, 0.05) is 31.5 Å². The molecule has 6 nitrogen and oxygen atoms in total. The second kappa shape index (κ2) is 6.35. The molecule has 0 N–H and O–H groups in total. The molecular formula is C10H18N4O2. The highest BCUT2D eigenvalue weighted by Gasteiger charge is 2.32. The second-order valence-electron chi connectivity index (χ2n) is 4.05. The Morgan fingerprint density at radius 2 is 2.50 bits per heavy atom. The Kier molecular flexibility index (Phi) is 5.08. The predicted octanol–water partition coefficient (Wildman–Crippen LogP) is 1.57. The lowest BCUT2D eigenvalue weighted by atomic mass is 10.1. The van der Waals surface area contributed by atoms with E-state index < -0.39 is 0 Å². The van der Waals surface area contributed by atoms with Gasteiger partial charge in [-0.1, -0.05) is 12.0 Å². The zero-order chi connectivity index (χ0) is 12.0. The first-order valence-electron chi connectivity index (χ1n) is 5.52. The lowest BCUT2D eigenvalue weighted by Crippen LogP contribution is -2.39. The van der Waals surface area contributed by atoms with E-state index in [1.165, 1.54) is 0 Å². The van der Waals surface area contributed by atoms with Crippen molar-refractivity contribution in [1.29, 1.82) is 0 Å². The van der Waals surface area contributed by atoms with Crippen molar-refractivity contribution in [3.8, 4) is 0 Å². The number of methoxy groups -OCH3 is 1. The highest BCUT2D eigenvalue weighted by atomic mass is 16.5. The molecule has 6 heteroatoms. The number of likely N-dealkylation sites (tertiary alicyclic amines) is 1. The van der Waals surface area contributed by atoms with Gasteiger partial charge in [-0.05, 0) is 17.9 Å². The van der Waals surface area contributed by atoms with E-state index in [0.29, 0.717) is 26.1 Å². The van der Waals surface area contributed by atoms with Gasteiger partial charge >= 0.3 is 0 Å². The van der Waals surface area contributed by atoms with Gasteiger partial charge < -0.3 is 9.64 Å². The molecule has 90 valence electrons. The van der Waals surface area contributed by atoms with E-state index in [9.17, 15) is 4.79 Å². The Bertz CT molecular complexity index is 289. The fraction of sp³-hybridized carbons (Fsp3) is 0.900. The molecule has 0 aromatic rings. The summed E-state index contributed by atoms with van der Waals surface area (Å²) in [5, 5.41) is 3.52. The van der Waals surface area contributed by atoms with Crippen LogP contribution in [0.4, 0.5) is 0 Å². The smallest absolute Gasteiger partial charge is 0.223 e. The van der Waals surface area contributed by atoms with Crippen LogP contribution in [0.5, 0.6) is 0 Å². The van der Waals surface area contributed by atoms with Crippen LogP contribution in [0, 0.1) is 5.92 Å². The van der Waals surface area contributed by atoms with Crippen molar-refractivity contribution >= 4 is 5.91 Å². The number of carbonyl (C=O) groups is 1. The summed E-state index contributed by atoms with van der Waals surface area (Å²) >= 11 is 0. The Hall–Kier alpha value is -1.26. The summed E-state index contributed by atoms with van der Waals surface area (Å²) in [5.41, 5.74) is 8.24. The number of hydrogen-bond donors (Lipinski definition) is 0. The fourth-order valence-electron chi connectivity index (χ4n) is 2.06. The van der Waals surface area contributed by atoms with E-state index >= 15 is 0 Å². The third-order valence-corrected chi connectivity index (χ3v) is 2.91. The Balaban J connectivity index is 2.55. The summed E-state index contributed by atoms with van der Waals surface area (Å²) in [5.74, 6) is 0.302. The molecule has 0 radical (unpaired) electrons. The first kappa shape index (κ1) is 12.8. The van der Waals surface area contributed by atoms with Crippen LogP contribution < -0.4 is 0 Å². The predicted molar refractivity (Wildman–Crippen MR) is 59.8 cm³/mol. The summed E-state index contributed by atoms with van der Waals surface area (Å²) in [7, 11) is 1.64. The minimum atomic E-state index is 0.141. The molecule has 1 aliphatic rings. The van der Waals surface area contributed by atoms with Crippen molar-refractivity contribution in [1.82, 2.24) is 4.90 Å². The van der Waals surface area contributed by atoms with Crippen LogP contribution >= 0.6 is 0 Å². The third kappa shape index (κ3) is 3.12. The van der Waals surface area contributed by atoms with Crippen molar-refractivity contribution < 1.29 is 9.53 Å². The molecular weight excluding hydrogens is 208 g/mol. The summed E-state index contributed by atoms with van der Waals surface area (Å²) in [6.45, 7) is 3.69. The van der Waals surface area contributed by atoms with E-state index in [-0.39, 0.29) is 17.9 Å². The van der Waals surface area contributed by atoms with E-state index in [4.69, 9.17) is 10.3 Å². The second-order valence-corrected chi connectivity index (χ2v) is 4.05. The Morgan fingerprint density at radius 3 is 3.06 bits per heavy atom. The first-order chi connectivity index (χ1) is 7.72. The zero-order valence-electron chi connectivity index (χ0n) is 9.80. The monoisotopic (exact) mass is 226 g/mol. The fourth-order valence-corrected chi connectivity index (χ4v) is 2.06. The van der Waals surface area contributed by atoms with Crippen LogP contribution in [0.3, 0.4) is 0 Å². The average molecular weight is 226 g/mol. The summed E-state index contributed by atoms with van der Waals surface area (Å²) in [6.07, 6.45) is 1.37. The van der Waals surface area contributed by atoms with E-state index in [2.05, 4.69) is 10.0 Å². The molecule has 0 bridgehead atoms. The van der Waals surface area contributed by atoms with Gasteiger partial charge in [-0.25, -0.2) is 0 Å². The molecule has 16 heavy (non-hydrogen) atoms. The Labute approximate surface area is 95.2 Å². The number of nitrogens with zero attached hydrogens (tertiary/aromatic N) is 4. The van der Waals surface area contributed by atoms with Crippen LogP contribution in [0.2, 0.25) is 0 Å². The zero-order valence-corrected chi connectivity index (χ0v) is 9.80. The minimum Gasteiger partial charge on any atom is -0.383 e. The highest BCUT2D eigenvalue weighted by Crippen LogP contribution is 2.21. The highest BCUT2D eigenvalue weighted by molar-refractivity contribution is 5.79. The minimum absolute atomic E-state index is 0.141. The summed E-state index contributed by atoms with van der Waals surface area (Å²) in [4.78, 5) is 16.3. The maximum atomic E-state index is 11.8. The van der Waals surface area contributed by atoms with Crippen molar-refractivity contribution in [2.75, 3.05) is 26.8 Å². The lowest BCUT2D eigenvalue weighted by Gasteiger charge is -2.26. The largest absolute Gasteiger partial charge is 0.383 e. The van der Waals surface area contributed by atoms with Crippen molar-refractivity contribution in [3.05, 3.63) is 10.4 Å². The molecule has 1 rings (SSSR count). The molecule has 0 spiro atoms. The van der Waals surface area contributed by atoms with Gasteiger partial charge in [0.15, 0.2) is 0 Å². The molecule has 1 saturated heterocycles. The molecule has 0 saturated carbocycles. The van der Waals surface area contributed by atoms with Crippen LogP contribution in [-0.2, 0) is 9.53 Å². The number of carbonyl (C=O) groups excluding carboxylic acids is 1. The molecule has 1 heterocycles. The number of rotatable bonds is 6. The molecule has 1 aliphatic heterocycles. The molecule has 0 aromatic heterocycles. The van der Waals surface area contributed by atoms with Gasteiger partial charge in [-0.3, -0.25) is 4.79 Å². The number of hydrogen-bond acceptors (Lipinski definition) is 3. The van der Waals surface area contributed by atoms with Gasteiger partial charge in [0.1, 0.15) is 0 Å². The van der Waals surface area contributed by atoms with Gasteiger partial charge in [0.2, 0.25) is 5.91 Å². The first-order valence-corrected chi connectivity index (χ1v) is 5.52. The maximum Gasteiger partial charge on any atom is 0.223 e. The normalized spacial score (nSPS) is 22.0. The molecule has 2 atom stereocenters. The van der Waals surface area contributed by atoms with Crippen LogP contribution in [0.25, 0.3) is 10.4 Å². The van der Waals surface area contributed by atoms with Gasteiger partial charge in [0.25, 0.3) is 0 Å². The van der Waals surface area contributed by atoms with Crippen LogP contribution in [-0.4, -0.2) is 43.7 Å². The van der Waals surface area contributed by atoms with E-state index in [1.54, 1.807) is 7.11 Å². The lowest BCUT2D eigenvalue weighted by molar-refractivity contribution is -0.130. The molecule has 1 amide bonds. The summed E-state index contributed by atoms with van der Waals surface area (Å²) in [6, 6.07) is 0.147. The van der Waals surface area contributed by atoms with Gasteiger partial charge in [-0.2, -0.15) is 0 Å². The average Bonchev–Trinajstić information content (AvgIpc) is 2.64. The van der Waals surface area contributed by atoms with Gasteiger partial charge in [-0.15, -0.1) is 0 Å². The van der Waals surface area contributed by atoms with Crippen LogP contribution in [0.15, 0.2) is 5.11 Å². The maximum absolute atomic E-state index is 11.8. The SMILES string of the molecule is CCC(COC)N1CC(CN=[N+]=[N-])CC1=O. The summed E-state index contributed by atoms with van der Waals surface area (Å²) < 4.78 is 5.10. The third-order valence-electron chi connectivity index (χ3n) is 2.91. The van der Waals surface area contributed by atoms with E-state index in [1.807, 2.05) is 11.8 Å².